The number of benzene rings is 1. The Hall–Kier alpha value is -1.16. The summed E-state index contributed by atoms with van der Waals surface area (Å²) < 4.78 is 5.45. The van der Waals surface area contributed by atoms with Gasteiger partial charge in [-0.25, -0.2) is 4.79 Å². The number of carbonyl (C=O) groups excluding carboxylic acids is 1. The van der Waals surface area contributed by atoms with E-state index in [0.717, 1.165) is 25.9 Å². The number of thioether (sulfide) groups is 1. The first-order valence-corrected chi connectivity index (χ1v) is 8.74. The van der Waals surface area contributed by atoms with Crippen molar-refractivity contribution in [3.63, 3.8) is 0 Å². The highest BCUT2D eigenvalue weighted by Gasteiger charge is 2.28. The number of rotatable bonds is 2. The van der Waals surface area contributed by atoms with Gasteiger partial charge in [0.05, 0.1) is 0 Å². The Morgan fingerprint density at radius 2 is 1.86 bits per heavy atom. The Balaban J connectivity index is 1.96. The molecule has 1 aromatic rings. The second-order valence-corrected chi connectivity index (χ2v) is 7.33. The minimum Gasteiger partial charge on any atom is -0.444 e. The highest BCUT2D eigenvalue weighted by atomic mass is 32.2. The third kappa shape index (κ3) is 4.40. The van der Waals surface area contributed by atoms with Crippen molar-refractivity contribution in [3.8, 4) is 0 Å². The number of hydrogen-bond donors (Lipinski definition) is 0. The first-order valence-electron chi connectivity index (χ1n) is 7.51. The third-order valence-corrected chi connectivity index (χ3v) is 4.54. The number of amides is 1. The van der Waals surface area contributed by atoms with Crippen LogP contribution in [0.25, 0.3) is 0 Å². The van der Waals surface area contributed by atoms with E-state index in [4.69, 9.17) is 4.74 Å². The summed E-state index contributed by atoms with van der Waals surface area (Å²) in [4.78, 5) is 15.3. The minimum atomic E-state index is -0.417. The molecule has 0 aromatic heterocycles. The van der Waals surface area contributed by atoms with E-state index in [-0.39, 0.29) is 6.09 Å². The van der Waals surface area contributed by atoms with Gasteiger partial charge in [0.2, 0.25) is 0 Å². The van der Waals surface area contributed by atoms with E-state index in [1.165, 1.54) is 10.5 Å². The van der Waals surface area contributed by atoms with E-state index in [1.54, 1.807) is 11.8 Å². The van der Waals surface area contributed by atoms with E-state index in [2.05, 4.69) is 30.5 Å². The van der Waals surface area contributed by atoms with Crippen LogP contribution in [0, 0.1) is 0 Å². The van der Waals surface area contributed by atoms with E-state index in [9.17, 15) is 4.79 Å². The second-order valence-electron chi connectivity index (χ2n) is 6.48. The first kappa shape index (κ1) is 16.2. The fraction of sp³-hybridized carbons (Fsp3) is 0.588. The maximum atomic E-state index is 12.1. The molecule has 0 unspecified atom stereocenters. The summed E-state index contributed by atoms with van der Waals surface area (Å²) in [5.74, 6) is 0.548. The van der Waals surface area contributed by atoms with Gasteiger partial charge in [-0.05, 0) is 57.4 Å². The SMILES string of the molecule is CSc1ccccc1C1CCN(C(=O)OC(C)(C)C)CC1. The Labute approximate surface area is 132 Å². The monoisotopic (exact) mass is 307 g/mol. The molecule has 1 heterocycles. The Kier molecular flexibility index (Phi) is 5.20. The third-order valence-electron chi connectivity index (χ3n) is 3.73. The van der Waals surface area contributed by atoms with Gasteiger partial charge in [-0.1, -0.05) is 18.2 Å². The van der Waals surface area contributed by atoms with E-state index < -0.39 is 5.60 Å². The Bertz CT molecular complexity index is 488. The maximum Gasteiger partial charge on any atom is 0.410 e. The van der Waals surface area contributed by atoms with Crippen molar-refractivity contribution in [2.24, 2.45) is 0 Å². The van der Waals surface area contributed by atoms with Gasteiger partial charge in [-0.3, -0.25) is 0 Å². The summed E-state index contributed by atoms with van der Waals surface area (Å²) in [6.45, 7) is 7.29. The molecule has 1 fully saturated rings. The molecule has 3 nitrogen and oxygen atoms in total. The molecule has 1 saturated heterocycles. The van der Waals surface area contributed by atoms with Crippen LogP contribution in [0.2, 0.25) is 0 Å². The van der Waals surface area contributed by atoms with Gasteiger partial charge in [0.25, 0.3) is 0 Å². The average Bonchev–Trinajstić information content (AvgIpc) is 2.45. The molecule has 0 radical (unpaired) electrons. The van der Waals surface area contributed by atoms with Crippen molar-refractivity contribution in [1.29, 1.82) is 0 Å². The van der Waals surface area contributed by atoms with Crippen LogP contribution in [0.4, 0.5) is 4.79 Å². The average molecular weight is 307 g/mol. The fourth-order valence-corrected chi connectivity index (χ4v) is 3.39. The number of hydrogen-bond acceptors (Lipinski definition) is 3. The van der Waals surface area contributed by atoms with Crippen LogP contribution >= 0.6 is 11.8 Å². The van der Waals surface area contributed by atoms with Crippen LogP contribution in [-0.2, 0) is 4.74 Å². The van der Waals surface area contributed by atoms with Crippen molar-refractivity contribution in [1.82, 2.24) is 4.90 Å². The lowest BCUT2D eigenvalue weighted by molar-refractivity contribution is 0.0204. The molecule has 0 aliphatic carbocycles. The van der Waals surface area contributed by atoms with Crippen molar-refractivity contribution in [2.45, 2.75) is 50.0 Å². The number of nitrogens with zero attached hydrogens (tertiary/aromatic N) is 1. The molecule has 2 rings (SSSR count). The predicted octanol–water partition coefficient (Wildman–Crippen LogP) is 4.52. The van der Waals surface area contributed by atoms with Gasteiger partial charge in [0.15, 0.2) is 0 Å². The van der Waals surface area contributed by atoms with Crippen LogP contribution in [0.15, 0.2) is 29.2 Å². The van der Waals surface area contributed by atoms with Gasteiger partial charge in [0.1, 0.15) is 5.60 Å². The largest absolute Gasteiger partial charge is 0.444 e. The van der Waals surface area contributed by atoms with Gasteiger partial charge < -0.3 is 9.64 Å². The highest BCUT2D eigenvalue weighted by Crippen LogP contribution is 2.34. The maximum absolute atomic E-state index is 12.1. The summed E-state index contributed by atoms with van der Waals surface area (Å²) >= 11 is 1.80. The molecule has 0 N–H and O–H groups in total. The smallest absolute Gasteiger partial charge is 0.410 e. The van der Waals surface area contributed by atoms with Gasteiger partial charge in [0, 0.05) is 18.0 Å². The lowest BCUT2D eigenvalue weighted by Gasteiger charge is -2.34. The summed E-state index contributed by atoms with van der Waals surface area (Å²) in [6, 6.07) is 8.60. The molecular formula is C17H25NO2S. The lowest BCUT2D eigenvalue weighted by Crippen LogP contribution is -2.41. The molecule has 1 aliphatic heterocycles. The molecule has 1 aromatic carbocycles. The summed E-state index contributed by atoms with van der Waals surface area (Å²) in [7, 11) is 0. The molecule has 0 spiro atoms. The molecule has 116 valence electrons. The highest BCUT2D eigenvalue weighted by molar-refractivity contribution is 7.98. The normalized spacial score (nSPS) is 16.9. The van der Waals surface area contributed by atoms with Gasteiger partial charge in [-0.15, -0.1) is 11.8 Å². The number of likely N-dealkylation sites (tertiary alicyclic amines) is 1. The molecule has 21 heavy (non-hydrogen) atoms. The second kappa shape index (κ2) is 6.73. The van der Waals surface area contributed by atoms with Crippen molar-refractivity contribution >= 4 is 17.9 Å². The fourth-order valence-electron chi connectivity index (χ4n) is 2.70. The first-order chi connectivity index (χ1) is 9.90. The van der Waals surface area contributed by atoms with E-state index >= 15 is 0 Å². The summed E-state index contributed by atoms with van der Waals surface area (Å²) in [5.41, 5.74) is 1.01. The van der Waals surface area contributed by atoms with Crippen LogP contribution < -0.4 is 0 Å². The predicted molar refractivity (Wildman–Crippen MR) is 88.0 cm³/mol. The van der Waals surface area contributed by atoms with Gasteiger partial charge in [-0.2, -0.15) is 0 Å². The summed E-state index contributed by atoms with van der Waals surface area (Å²) in [5, 5.41) is 0. The van der Waals surface area contributed by atoms with Gasteiger partial charge >= 0.3 is 6.09 Å². The molecule has 4 heteroatoms. The molecule has 0 bridgehead atoms. The molecular weight excluding hydrogens is 282 g/mol. The number of piperidine rings is 1. The van der Waals surface area contributed by atoms with Crippen LogP contribution in [0.3, 0.4) is 0 Å². The molecule has 0 atom stereocenters. The van der Waals surface area contributed by atoms with Crippen molar-refractivity contribution < 1.29 is 9.53 Å². The van der Waals surface area contributed by atoms with Crippen molar-refractivity contribution in [3.05, 3.63) is 29.8 Å². The van der Waals surface area contributed by atoms with E-state index in [1.807, 2.05) is 25.7 Å². The molecule has 1 amide bonds. The van der Waals surface area contributed by atoms with Crippen LogP contribution in [0.5, 0.6) is 0 Å². The Morgan fingerprint density at radius 3 is 2.43 bits per heavy atom. The zero-order chi connectivity index (χ0) is 15.5. The zero-order valence-corrected chi connectivity index (χ0v) is 14.2. The zero-order valence-electron chi connectivity index (χ0n) is 13.4. The molecule has 0 saturated carbocycles. The quantitative estimate of drug-likeness (QED) is 0.752. The van der Waals surface area contributed by atoms with Crippen molar-refractivity contribution in [2.75, 3.05) is 19.3 Å². The standard InChI is InChI=1S/C17H25NO2S/c1-17(2,3)20-16(19)18-11-9-13(10-12-18)14-7-5-6-8-15(14)21-4/h5-8,13H,9-12H2,1-4H3. The lowest BCUT2D eigenvalue weighted by atomic mass is 9.89. The number of carbonyl (C=O) groups is 1. The van der Waals surface area contributed by atoms with Crippen LogP contribution in [-0.4, -0.2) is 35.9 Å². The Morgan fingerprint density at radius 1 is 1.24 bits per heavy atom. The molecule has 1 aliphatic rings. The van der Waals surface area contributed by atoms with Crippen LogP contribution in [0.1, 0.15) is 45.1 Å². The topological polar surface area (TPSA) is 29.5 Å². The summed E-state index contributed by atoms with van der Waals surface area (Å²) in [6.07, 6.45) is 3.96. The van der Waals surface area contributed by atoms with E-state index in [0.29, 0.717) is 5.92 Å². The minimum absolute atomic E-state index is 0.181. The number of ether oxygens (including phenoxy) is 1.